The molecule has 0 saturated carbocycles. The molecule has 1 aromatic heterocycles. The van der Waals surface area contributed by atoms with E-state index in [0.29, 0.717) is 18.1 Å². The van der Waals surface area contributed by atoms with Crippen molar-refractivity contribution in [3.63, 3.8) is 0 Å². The summed E-state index contributed by atoms with van der Waals surface area (Å²) in [4.78, 5) is 4.27. The van der Waals surface area contributed by atoms with Crippen molar-refractivity contribution < 1.29 is 5.11 Å². The lowest BCUT2D eigenvalue weighted by molar-refractivity contribution is 0.297. The smallest absolute Gasteiger partial charge is 0.181 e. The maximum atomic E-state index is 8.75. The zero-order valence-electron chi connectivity index (χ0n) is 8.57. The minimum absolute atomic E-state index is 0.0858. The van der Waals surface area contributed by atoms with Gasteiger partial charge in [0.15, 0.2) is 5.82 Å². The Morgan fingerprint density at radius 1 is 1.27 bits per heavy atom. The molecule has 0 aliphatic heterocycles. The highest BCUT2D eigenvalue weighted by atomic mass is 16.3. The average molecular weight is 203 g/mol. The Balaban J connectivity index is 2.25. The van der Waals surface area contributed by atoms with Crippen LogP contribution >= 0.6 is 0 Å². The molecule has 0 radical (unpaired) electrons. The molecule has 4 nitrogen and oxygen atoms in total. The van der Waals surface area contributed by atoms with Gasteiger partial charge in [-0.25, -0.2) is 4.98 Å². The van der Waals surface area contributed by atoms with Gasteiger partial charge in [0.25, 0.3) is 0 Å². The van der Waals surface area contributed by atoms with Crippen LogP contribution in [0.3, 0.4) is 0 Å². The quantitative estimate of drug-likeness (QED) is 0.790. The van der Waals surface area contributed by atoms with Gasteiger partial charge in [0.1, 0.15) is 5.82 Å². The standard InChI is InChI=1S/C11H13N3O/c1-8-2-4-9(5-3-8)11-12-10(6-7-15)13-14-11/h2-5,15H,6-7H2,1H3,(H,12,13,14). The molecule has 1 heterocycles. The number of rotatable bonds is 3. The van der Waals surface area contributed by atoms with Gasteiger partial charge in [-0.2, -0.15) is 5.10 Å². The number of aromatic nitrogens is 3. The Hall–Kier alpha value is -1.68. The number of aliphatic hydroxyl groups is 1. The molecule has 0 unspecified atom stereocenters. The van der Waals surface area contributed by atoms with Gasteiger partial charge in [0.2, 0.25) is 0 Å². The summed E-state index contributed by atoms with van der Waals surface area (Å²) >= 11 is 0. The number of nitrogens with one attached hydrogen (secondary N) is 1. The second-order valence-electron chi connectivity index (χ2n) is 3.45. The number of hydrogen-bond acceptors (Lipinski definition) is 3. The summed E-state index contributed by atoms with van der Waals surface area (Å²) < 4.78 is 0. The predicted octanol–water partition coefficient (Wildman–Crippen LogP) is 1.31. The van der Waals surface area contributed by atoms with Gasteiger partial charge in [-0.05, 0) is 6.92 Å². The van der Waals surface area contributed by atoms with Crippen molar-refractivity contribution in [3.05, 3.63) is 35.7 Å². The summed E-state index contributed by atoms with van der Waals surface area (Å²) in [6, 6.07) is 8.03. The summed E-state index contributed by atoms with van der Waals surface area (Å²) in [6.45, 7) is 2.13. The molecule has 4 heteroatoms. The average Bonchev–Trinajstić information content (AvgIpc) is 2.68. The molecule has 2 aromatic rings. The van der Waals surface area contributed by atoms with Gasteiger partial charge >= 0.3 is 0 Å². The molecule has 0 saturated heterocycles. The molecule has 0 bridgehead atoms. The maximum Gasteiger partial charge on any atom is 0.181 e. The van der Waals surface area contributed by atoms with E-state index >= 15 is 0 Å². The number of aryl methyl sites for hydroxylation is 1. The van der Waals surface area contributed by atoms with E-state index in [1.165, 1.54) is 5.56 Å². The first-order valence-electron chi connectivity index (χ1n) is 4.89. The van der Waals surface area contributed by atoms with Gasteiger partial charge in [0, 0.05) is 12.0 Å². The third-order valence-electron chi connectivity index (χ3n) is 2.19. The highest BCUT2D eigenvalue weighted by molar-refractivity contribution is 5.54. The van der Waals surface area contributed by atoms with E-state index in [9.17, 15) is 0 Å². The lowest BCUT2D eigenvalue weighted by Gasteiger charge is -1.95. The molecule has 0 spiro atoms. The van der Waals surface area contributed by atoms with Crippen LogP contribution in [0.5, 0.6) is 0 Å². The van der Waals surface area contributed by atoms with Crippen LogP contribution in [0.2, 0.25) is 0 Å². The molecular weight excluding hydrogens is 190 g/mol. The van der Waals surface area contributed by atoms with Crippen molar-refractivity contribution in [1.29, 1.82) is 0 Å². The predicted molar refractivity (Wildman–Crippen MR) is 57.3 cm³/mol. The molecule has 0 aliphatic carbocycles. The van der Waals surface area contributed by atoms with Crippen LogP contribution in [0.4, 0.5) is 0 Å². The Morgan fingerprint density at radius 3 is 2.67 bits per heavy atom. The largest absolute Gasteiger partial charge is 0.396 e. The second kappa shape index (κ2) is 4.23. The van der Waals surface area contributed by atoms with Crippen molar-refractivity contribution >= 4 is 0 Å². The fourth-order valence-electron chi connectivity index (χ4n) is 1.34. The third kappa shape index (κ3) is 2.22. The molecular formula is C11H13N3O. The van der Waals surface area contributed by atoms with Crippen molar-refractivity contribution in [2.24, 2.45) is 0 Å². The molecule has 0 fully saturated rings. The Labute approximate surface area is 88.0 Å². The first-order valence-corrected chi connectivity index (χ1v) is 4.89. The molecule has 2 N–H and O–H groups in total. The molecule has 2 rings (SSSR count). The molecule has 0 aliphatic rings. The lowest BCUT2D eigenvalue weighted by Crippen LogP contribution is -1.92. The van der Waals surface area contributed by atoms with Gasteiger partial charge in [-0.1, -0.05) is 29.8 Å². The summed E-state index contributed by atoms with van der Waals surface area (Å²) in [5.41, 5.74) is 2.20. The number of H-pyrrole nitrogens is 1. The van der Waals surface area contributed by atoms with E-state index in [0.717, 1.165) is 5.56 Å². The van der Waals surface area contributed by atoms with Crippen LogP contribution < -0.4 is 0 Å². The molecule has 0 amide bonds. The van der Waals surface area contributed by atoms with E-state index in [1.54, 1.807) is 0 Å². The number of aliphatic hydroxyl groups excluding tert-OH is 1. The second-order valence-corrected chi connectivity index (χ2v) is 3.45. The first-order chi connectivity index (χ1) is 7.29. The third-order valence-corrected chi connectivity index (χ3v) is 2.19. The molecule has 15 heavy (non-hydrogen) atoms. The molecule has 0 atom stereocenters. The first kappa shape index (κ1) is 9.86. The minimum atomic E-state index is 0.0858. The van der Waals surface area contributed by atoms with Gasteiger partial charge in [-0.3, -0.25) is 5.10 Å². The van der Waals surface area contributed by atoms with Gasteiger partial charge in [0.05, 0.1) is 6.61 Å². The van der Waals surface area contributed by atoms with Gasteiger partial charge in [-0.15, -0.1) is 0 Å². The highest BCUT2D eigenvalue weighted by Crippen LogP contribution is 2.14. The van der Waals surface area contributed by atoms with Crippen LogP contribution in [0.1, 0.15) is 11.4 Å². The zero-order chi connectivity index (χ0) is 10.7. The minimum Gasteiger partial charge on any atom is -0.396 e. The van der Waals surface area contributed by atoms with E-state index in [-0.39, 0.29) is 6.61 Å². The Kier molecular flexibility index (Phi) is 2.78. The lowest BCUT2D eigenvalue weighted by atomic mass is 10.1. The monoisotopic (exact) mass is 203 g/mol. The highest BCUT2D eigenvalue weighted by Gasteiger charge is 2.04. The van der Waals surface area contributed by atoms with E-state index in [1.807, 2.05) is 31.2 Å². The zero-order valence-corrected chi connectivity index (χ0v) is 8.57. The van der Waals surface area contributed by atoms with E-state index in [2.05, 4.69) is 15.2 Å². The fourth-order valence-corrected chi connectivity index (χ4v) is 1.34. The number of hydrogen-bond donors (Lipinski definition) is 2. The van der Waals surface area contributed by atoms with Crippen LogP contribution in [0, 0.1) is 6.92 Å². The van der Waals surface area contributed by atoms with E-state index < -0.39 is 0 Å². The van der Waals surface area contributed by atoms with Crippen molar-refractivity contribution in [2.75, 3.05) is 6.61 Å². The number of benzene rings is 1. The molecule has 1 aromatic carbocycles. The van der Waals surface area contributed by atoms with Crippen molar-refractivity contribution in [3.8, 4) is 11.4 Å². The Morgan fingerprint density at radius 2 is 2.00 bits per heavy atom. The van der Waals surface area contributed by atoms with Crippen molar-refractivity contribution in [1.82, 2.24) is 15.2 Å². The number of nitrogens with zero attached hydrogens (tertiary/aromatic N) is 2. The molecule has 78 valence electrons. The Bertz CT molecular complexity index is 433. The van der Waals surface area contributed by atoms with Crippen molar-refractivity contribution in [2.45, 2.75) is 13.3 Å². The van der Waals surface area contributed by atoms with Crippen LogP contribution in [0.15, 0.2) is 24.3 Å². The fraction of sp³-hybridized carbons (Fsp3) is 0.273. The summed E-state index contributed by atoms with van der Waals surface area (Å²) in [6.07, 6.45) is 0.513. The van der Waals surface area contributed by atoms with Crippen LogP contribution in [-0.2, 0) is 6.42 Å². The summed E-state index contributed by atoms with van der Waals surface area (Å²) in [7, 11) is 0. The normalized spacial score (nSPS) is 10.5. The van der Waals surface area contributed by atoms with Gasteiger partial charge < -0.3 is 5.11 Å². The SMILES string of the molecule is Cc1ccc(-c2n[nH]c(CCO)n2)cc1. The van der Waals surface area contributed by atoms with Crippen LogP contribution in [0.25, 0.3) is 11.4 Å². The summed E-state index contributed by atoms with van der Waals surface area (Å²) in [5, 5.41) is 15.6. The van der Waals surface area contributed by atoms with Crippen LogP contribution in [-0.4, -0.2) is 26.9 Å². The summed E-state index contributed by atoms with van der Waals surface area (Å²) in [5.74, 6) is 1.39. The van der Waals surface area contributed by atoms with E-state index in [4.69, 9.17) is 5.11 Å². The number of aromatic amines is 1. The maximum absolute atomic E-state index is 8.75. The topological polar surface area (TPSA) is 61.8 Å².